The maximum absolute atomic E-state index is 14.1. The lowest BCUT2D eigenvalue weighted by molar-refractivity contribution is 0.164. The molecule has 0 bridgehead atoms. The summed E-state index contributed by atoms with van der Waals surface area (Å²) in [6.45, 7) is 2.35. The molecule has 0 saturated heterocycles. The zero-order valence-electron chi connectivity index (χ0n) is 13.5. The summed E-state index contributed by atoms with van der Waals surface area (Å²) in [6.07, 6.45) is 9.74. The van der Waals surface area contributed by atoms with Crippen molar-refractivity contribution in [1.82, 2.24) is 0 Å². The van der Waals surface area contributed by atoms with Crippen molar-refractivity contribution in [2.75, 3.05) is 5.73 Å². The van der Waals surface area contributed by atoms with Crippen LogP contribution in [-0.4, -0.2) is 0 Å². The molecule has 0 unspecified atom stereocenters. The molecule has 0 aliphatic heterocycles. The lowest BCUT2D eigenvalue weighted by atomic mass is 9.68. The molecule has 1 aromatic rings. The smallest absolute Gasteiger partial charge is 0.181 e. The maximum Gasteiger partial charge on any atom is 0.181 e. The Balaban J connectivity index is 1.61. The Morgan fingerprint density at radius 3 is 1.95 bits per heavy atom. The van der Waals surface area contributed by atoms with Crippen LogP contribution in [0.15, 0.2) is 12.1 Å². The van der Waals surface area contributed by atoms with Gasteiger partial charge < -0.3 is 5.73 Å². The van der Waals surface area contributed by atoms with Crippen LogP contribution in [0.2, 0.25) is 0 Å². The summed E-state index contributed by atoms with van der Waals surface area (Å²) in [4.78, 5) is 0. The topological polar surface area (TPSA) is 26.0 Å². The highest BCUT2D eigenvalue weighted by Gasteiger charge is 2.31. The maximum atomic E-state index is 14.1. The highest BCUT2D eigenvalue weighted by atomic mass is 19.2. The fourth-order valence-corrected chi connectivity index (χ4v) is 4.55. The van der Waals surface area contributed by atoms with Crippen LogP contribution in [0.4, 0.5) is 14.5 Å². The van der Waals surface area contributed by atoms with E-state index in [0.29, 0.717) is 5.56 Å². The number of rotatable bonds is 2. The Labute approximate surface area is 132 Å². The summed E-state index contributed by atoms with van der Waals surface area (Å²) in [5, 5.41) is 0. The molecule has 0 amide bonds. The average Bonchev–Trinajstić information content (AvgIpc) is 2.54. The molecule has 122 valence electrons. The SMILES string of the molecule is CC1CCC(C2CCC(c3ccc(N)c(F)c3F)CC2)CC1. The van der Waals surface area contributed by atoms with Crippen LogP contribution < -0.4 is 5.73 Å². The van der Waals surface area contributed by atoms with Crippen LogP contribution in [0.3, 0.4) is 0 Å². The Bertz CT molecular complexity index is 512. The average molecular weight is 307 g/mol. The second-order valence-electron chi connectivity index (χ2n) is 7.50. The molecular weight excluding hydrogens is 280 g/mol. The largest absolute Gasteiger partial charge is 0.396 e. The van der Waals surface area contributed by atoms with E-state index in [1.165, 1.54) is 31.7 Å². The molecular formula is C19H27F2N. The normalized spacial score (nSPS) is 32.9. The molecule has 0 atom stereocenters. The zero-order chi connectivity index (χ0) is 15.7. The van der Waals surface area contributed by atoms with E-state index in [4.69, 9.17) is 5.73 Å². The number of benzene rings is 1. The van der Waals surface area contributed by atoms with Gasteiger partial charge in [0.1, 0.15) is 0 Å². The number of nitrogens with two attached hydrogens (primary N) is 1. The minimum atomic E-state index is -0.874. The molecule has 1 nitrogen and oxygen atoms in total. The highest BCUT2D eigenvalue weighted by Crippen LogP contribution is 2.44. The Hall–Kier alpha value is -1.12. The quantitative estimate of drug-likeness (QED) is 0.702. The minimum Gasteiger partial charge on any atom is -0.396 e. The van der Waals surface area contributed by atoms with Gasteiger partial charge in [-0.15, -0.1) is 0 Å². The first-order valence-electron chi connectivity index (χ1n) is 8.79. The van der Waals surface area contributed by atoms with Crippen molar-refractivity contribution < 1.29 is 8.78 Å². The van der Waals surface area contributed by atoms with Gasteiger partial charge in [0, 0.05) is 0 Å². The van der Waals surface area contributed by atoms with Gasteiger partial charge in [-0.3, -0.25) is 0 Å². The fraction of sp³-hybridized carbons (Fsp3) is 0.684. The first-order chi connectivity index (χ1) is 10.6. The molecule has 3 rings (SSSR count). The van der Waals surface area contributed by atoms with Crippen molar-refractivity contribution in [1.29, 1.82) is 0 Å². The van der Waals surface area contributed by atoms with Gasteiger partial charge in [0.25, 0.3) is 0 Å². The van der Waals surface area contributed by atoms with E-state index in [1.807, 2.05) is 0 Å². The molecule has 2 saturated carbocycles. The van der Waals surface area contributed by atoms with Crippen molar-refractivity contribution >= 4 is 5.69 Å². The number of nitrogen functional groups attached to an aromatic ring is 1. The summed E-state index contributed by atoms with van der Waals surface area (Å²) >= 11 is 0. The Morgan fingerprint density at radius 2 is 1.36 bits per heavy atom. The van der Waals surface area contributed by atoms with Crippen LogP contribution in [0.1, 0.15) is 69.8 Å². The van der Waals surface area contributed by atoms with Crippen LogP contribution >= 0.6 is 0 Å². The third-order valence-corrected chi connectivity index (χ3v) is 6.08. The number of hydrogen-bond donors (Lipinski definition) is 1. The van der Waals surface area contributed by atoms with Gasteiger partial charge in [-0.1, -0.05) is 25.8 Å². The summed E-state index contributed by atoms with van der Waals surface area (Å²) in [5.41, 5.74) is 5.87. The van der Waals surface area contributed by atoms with Gasteiger partial charge in [0.05, 0.1) is 5.69 Å². The predicted octanol–water partition coefficient (Wildman–Crippen LogP) is 5.65. The van der Waals surface area contributed by atoms with E-state index >= 15 is 0 Å². The van der Waals surface area contributed by atoms with Gasteiger partial charge in [-0.05, 0) is 73.8 Å². The van der Waals surface area contributed by atoms with Gasteiger partial charge in [0.2, 0.25) is 0 Å². The van der Waals surface area contributed by atoms with Crippen LogP contribution in [0.5, 0.6) is 0 Å². The van der Waals surface area contributed by atoms with Crippen molar-refractivity contribution in [2.45, 2.75) is 64.2 Å². The van der Waals surface area contributed by atoms with E-state index in [9.17, 15) is 8.78 Å². The summed E-state index contributed by atoms with van der Waals surface area (Å²) in [6, 6.07) is 3.18. The van der Waals surface area contributed by atoms with Crippen molar-refractivity contribution in [3.05, 3.63) is 29.3 Å². The van der Waals surface area contributed by atoms with Gasteiger partial charge in [0.15, 0.2) is 11.6 Å². The predicted molar refractivity (Wildman–Crippen MR) is 86.6 cm³/mol. The molecule has 0 heterocycles. The van der Waals surface area contributed by atoms with E-state index < -0.39 is 11.6 Å². The van der Waals surface area contributed by atoms with Gasteiger partial charge in [-0.2, -0.15) is 0 Å². The molecule has 22 heavy (non-hydrogen) atoms. The summed E-state index contributed by atoms with van der Waals surface area (Å²) in [7, 11) is 0. The molecule has 2 aliphatic carbocycles. The number of hydrogen-bond acceptors (Lipinski definition) is 1. The molecule has 0 radical (unpaired) electrons. The Morgan fingerprint density at radius 1 is 0.818 bits per heavy atom. The number of halogens is 2. The molecule has 2 aliphatic rings. The van der Waals surface area contributed by atoms with Crippen LogP contribution in [0, 0.1) is 29.4 Å². The fourth-order valence-electron chi connectivity index (χ4n) is 4.55. The lowest BCUT2D eigenvalue weighted by Crippen LogP contribution is -2.25. The van der Waals surface area contributed by atoms with Gasteiger partial charge in [-0.25, -0.2) is 8.78 Å². The van der Waals surface area contributed by atoms with E-state index in [1.54, 1.807) is 6.07 Å². The minimum absolute atomic E-state index is 0.0914. The molecule has 0 aromatic heterocycles. The molecule has 3 heteroatoms. The standard InChI is InChI=1S/C19H27F2N/c1-12-2-4-13(5-3-12)14-6-8-15(9-7-14)16-10-11-17(22)19(21)18(16)20/h10-15H,2-9,22H2,1H3. The monoisotopic (exact) mass is 307 g/mol. The number of anilines is 1. The highest BCUT2D eigenvalue weighted by molar-refractivity contribution is 5.43. The summed E-state index contributed by atoms with van der Waals surface area (Å²) in [5.74, 6) is 1.11. The third kappa shape index (κ3) is 3.13. The van der Waals surface area contributed by atoms with Crippen molar-refractivity contribution in [3.63, 3.8) is 0 Å². The van der Waals surface area contributed by atoms with E-state index in [0.717, 1.165) is 43.4 Å². The van der Waals surface area contributed by atoms with Crippen molar-refractivity contribution in [2.24, 2.45) is 17.8 Å². The summed E-state index contributed by atoms with van der Waals surface area (Å²) < 4.78 is 27.7. The third-order valence-electron chi connectivity index (χ3n) is 6.08. The zero-order valence-corrected chi connectivity index (χ0v) is 13.5. The lowest BCUT2D eigenvalue weighted by Gasteiger charge is -2.37. The Kier molecular flexibility index (Phi) is 4.70. The van der Waals surface area contributed by atoms with Gasteiger partial charge >= 0.3 is 0 Å². The molecule has 0 spiro atoms. The second-order valence-corrected chi connectivity index (χ2v) is 7.50. The first kappa shape index (κ1) is 15.8. The van der Waals surface area contributed by atoms with E-state index in [2.05, 4.69) is 6.92 Å². The first-order valence-corrected chi connectivity index (χ1v) is 8.79. The molecule has 1 aromatic carbocycles. The van der Waals surface area contributed by atoms with Crippen LogP contribution in [0.25, 0.3) is 0 Å². The van der Waals surface area contributed by atoms with Crippen LogP contribution in [-0.2, 0) is 0 Å². The molecule has 2 N–H and O–H groups in total. The van der Waals surface area contributed by atoms with Crippen molar-refractivity contribution in [3.8, 4) is 0 Å². The second kappa shape index (κ2) is 6.55. The molecule has 2 fully saturated rings. The van der Waals surface area contributed by atoms with E-state index in [-0.39, 0.29) is 11.6 Å².